The Hall–Kier alpha value is -0.580. The second-order valence-corrected chi connectivity index (χ2v) is 5.89. The van der Waals surface area contributed by atoms with Crippen molar-refractivity contribution in [2.24, 2.45) is 0 Å². The number of hydrogen-bond acceptors (Lipinski definition) is 4. The van der Waals surface area contributed by atoms with Crippen molar-refractivity contribution in [1.29, 1.82) is 0 Å². The van der Waals surface area contributed by atoms with E-state index >= 15 is 0 Å². The molecule has 1 aliphatic rings. The van der Waals surface area contributed by atoms with Crippen LogP contribution >= 0.6 is 11.3 Å². The molecule has 0 bridgehead atoms. The van der Waals surface area contributed by atoms with Gasteiger partial charge in [-0.3, -0.25) is 0 Å². The van der Waals surface area contributed by atoms with Crippen molar-refractivity contribution >= 4 is 16.3 Å². The topological polar surface area (TPSA) is 15.7 Å². The molecule has 1 aromatic rings. The molecule has 0 aliphatic carbocycles. The van der Waals surface area contributed by atoms with Crippen LogP contribution in [-0.4, -0.2) is 51.8 Å². The van der Waals surface area contributed by atoms with Crippen molar-refractivity contribution in [3.8, 4) is 0 Å². The summed E-state index contributed by atoms with van der Waals surface area (Å²) in [4.78, 5) is 6.19. The smallest absolute Gasteiger partial charge is 0.0912 e. The van der Waals surface area contributed by atoms with E-state index in [0.717, 1.165) is 26.3 Å². The third kappa shape index (κ3) is 3.98. The number of morpholine rings is 1. The molecule has 0 spiro atoms. The van der Waals surface area contributed by atoms with Gasteiger partial charge in [0.05, 0.1) is 18.2 Å². The molecule has 0 N–H and O–H groups in total. The fourth-order valence-electron chi connectivity index (χ4n) is 2.02. The Morgan fingerprint density at radius 2 is 2.06 bits per heavy atom. The molecule has 0 amide bonds. The molecule has 17 heavy (non-hydrogen) atoms. The molecule has 4 heteroatoms. The predicted octanol–water partition coefficient (Wildman–Crippen LogP) is 2.08. The van der Waals surface area contributed by atoms with Crippen LogP contribution < -0.4 is 4.90 Å². The highest BCUT2D eigenvalue weighted by Gasteiger charge is 2.12. The lowest BCUT2D eigenvalue weighted by atomic mass is 10.2. The molecule has 0 radical (unpaired) electrons. The highest BCUT2D eigenvalue weighted by Crippen LogP contribution is 2.27. The largest absolute Gasteiger partial charge is 0.378 e. The number of aryl methyl sites for hydroxylation is 1. The maximum atomic E-state index is 5.38. The van der Waals surface area contributed by atoms with E-state index in [-0.39, 0.29) is 0 Å². The first kappa shape index (κ1) is 12.9. The number of thiophene rings is 1. The van der Waals surface area contributed by atoms with E-state index in [1.807, 2.05) is 11.3 Å². The van der Waals surface area contributed by atoms with E-state index in [9.17, 15) is 0 Å². The number of anilines is 1. The average molecular weight is 254 g/mol. The first-order chi connectivity index (χ1) is 8.25. The first-order valence-corrected chi connectivity index (χ1v) is 7.13. The van der Waals surface area contributed by atoms with Crippen molar-refractivity contribution in [2.45, 2.75) is 12.8 Å². The van der Waals surface area contributed by atoms with E-state index in [1.54, 1.807) is 0 Å². The van der Waals surface area contributed by atoms with E-state index in [1.165, 1.54) is 29.3 Å². The summed E-state index contributed by atoms with van der Waals surface area (Å²) >= 11 is 1.94. The van der Waals surface area contributed by atoms with Gasteiger partial charge in [0.2, 0.25) is 0 Å². The van der Waals surface area contributed by atoms with E-state index in [4.69, 9.17) is 4.74 Å². The zero-order valence-electron chi connectivity index (χ0n) is 10.8. The third-order valence-corrected chi connectivity index (χ3v) is 4.20. The van der Waals surface area contributed by atoms with Crippen molar-refractivity contribution in [1.82, 2.24) is 4.90 Å². The van der Waals surface area contributed by atoms with Gasteiger partial charge in [-0.05, 0) is 45.6 Å². The van der Waals surface area contributed by atoms with Gasteiger partial charge in [0.1, 0.15) is 0 Å². The summed E-state index contributed by atoms with van der Waals surface area (Å²) < 4.78 is 5.38. The summed E-state index contributed by atoms with van der Waals surface area (Å²) in [7, 11) is 4.27. The minimum absolute atomic E-state index is 0.869. The Labute approximate surface area is 108 Å². The first-order valence-electron chi connectivity index (χ1n) is 6.32. The van der Waals surface area contributed by atoms with Gasteiger partial charge in [0.25, 0.3) is 0 Å². The van der Waals surface area contributed by atoms with E-state index in [0.29, 0.717) is 0 Å². The molecule has 2 rings (SSSR count). The van der Waals surface area contributed by atoms with Crippen LogP contribution in [0.1, 0.15) is 11.3 Å². The highest BCUT2D eigenvalue weighted by molar-refractivity contribution is 7.16. The fourth-order valence-corrected chi connectivity index (χ4v) is 3.12. The summed E-state index contributed by atoms with van der Waals surface area (Å²) in [6.45, 7) is 4.99. The SMILES string of the molecule is CN(C)CCCc1ccc(N2CCOCC2)s1. The summed E-state index contributed by atoms with van der Waals surface area (Å²) in [5.74, 6) is 0. The Morgan fingerprint density at radius 1 is 1.29 bits per heavy atom. The Morgan fingerprint density at radius 3 is 2.76 bits per heavy atom. The minimum Gasteiger partial charge on any atom is -0.378 e. The van der Waals surface area contributed by atoms with Gasteiger partial charge in [-0.15, -0.1) is 11.3 Å². The highest BCUT2D eigenvalue weighted by atomic mass is 32.1. The standard InChI is InChI=1S/C13H22N2OS/c1-14(2)7-3-4-12-5-6-13(17-12)15-8-10-16-11-9-15/h5-6H,3-4,7-11H2,1-2H3. The Kier molecular flexibility index (Phi) is 4.83. The lowest BCUT2D eigenvalue weighted by Gasteiger charge is -2.27. The van der Waals surface area contributed by atoms with Crippen molar-refractivity contribution < 1.29 is 4.74 Å². The molecule has 1 fully saturated rings. The summed E-state index contributed by atoms with van der Waals surface area (Å²) in [6.07, 6.45) is 2.45. The number of rotatable bonds is 5. The summed E-state index contributed by atoms with van der Waals surface area (Å²) in [5, 5.41) is 1.41. The maximum Gasteiger partial charge on any atom is 0.0912 e. The van der Waals surface area contributed by atoms with Crippen molar-refractivity contribution in [2.75, 3.05) is 51.8 Å². The predicted molar refractivity (Wildman–Crippen MR) is 74.2 cm³/mol. The van der Waals surface area contributed by atoms with Crippen LogP contribution in [0.2, 0.25) is 0 Å². The molecule has 0 aromatic carbocycles. The van der Waals surface area contributed by atoms with E-state index in [2.05, 4.69) is 36.0 Å². The lowest BCUT2D eigenvalue weighted by molar-refractivity contribution is 0.123. The van der Waals surface area contributed by atoms with Crippen molar-refractivity contribution in [3.05, 3.63) is 17.0 Å². The minimum atomic E-state index is 0.869. The molecule has 1 aromatic heterocycles. The normalized spacial score (nSPS) is 16.8. The molecular formula is C13H22N2OS. The maximum absolute atomic E-state index is 5.38. The second kappa shape index (κ2) is 6.38. The van der Waals surface area contributed by atoms with E-state index < -0.39 is 0 Å². The molecule has 1 saturated heterocycles. The van der Waals surface area contributed by atoms with Crippen LogP contribution in [0, 0.1) is 0 Å². The molecule has 0 unspecified atom stereocenters. The number of hydrogen-bond donors (Lipinski definition) is 0. The monoisotopic (exact) mass is 254 g/mol. The van der Waals surface area contributed by atoms with Gasteiger partial charge >= 0.3 is 0 Å². The van der Waals surface area contributed by atoms with Crippen LogP contribution in [0.4, 0.5) is 5.00 Å². The van der Waals surface area contributed by atoms with Crippen LogP contribution in [0.25, 0.3) is 0 Å². The zero-order valence-corrected chi connectivity index (χ0v) is 11.6. The average Bonchev–Trinajstić information content (AvgIpc) is 2.78. The summed E-state index contributed by atoms with van der Waals surface area (Å²) in [5.41, 5.74) is 0. The third-order valence-electron chi connectivity index (χ3n) is 3.00. The molecule has 0 saturated carbocycles. The Balaban J connectivity index is 1.82. The Bertz CT molecular complexity index is 332. The lowest BCUT2D eigenvalue weighted by Crippen LogP contribution is -2.35. The number of ether oxygens (including phenoxy) is 1. The van der Waals surface area contributed by atoms with Crippen LogP contribution in [-0.2, 0) is 11.2 Å². The molecule has 2 heterocycles. The van der Waals surface area contributed by atoms with Crippen LogP contribution in [0.15, 0.2) is 12.1 Å². The van der Waals surface area contributed by atoms with Gasteiger partial charge in [0, 0.05) is 18.0 Å². The quantitative estimate of drug-likeness (QED) is 0.800. The molecule has 1 aliphatic heterocycles. The van der Waals surface area contributed by atoms with Crippen molar-refractivity contribution in [3.63, 3.8) is 0 Å². The number of nitrogens with zero attached hydrogens (tertiary/aromatic N) is 2. The zero-order chi connectivity index (χ0) is 12.1. The molecule has 0 atom stereocenters. The van der Waals surface area contributed by atoms with Crippen LogP contribution in [0.3, 0.4) is 0 Å². The fraction of sp³-hybridized carbons (Fsp3) is 0.692. The summed E-state index contributed by atoms with van der Waals surface area (Å²) in [6, 6.07) is 4.55. The molecule has 96 valence electrons. The molecule has 3 nitrogen and oxygen atoms in total. The van der Waals surface area contributed by atoms with Crippen LogP contribution in [0.5, 0.6) is 0 Å². The van der Waals surface area contributed by atoms with Gasteiger partial charge < -0.3 is 14.5 Å². The van der Waals surface area contributed by atoms with Gasteiger partial charge in [0.15, 0.2) is 0 Å². The van der Waals surface area contributed by atoms with Gasteiger partial charge in [-0.1, -0.05) is 0 Å². The second-order valence-electron chi connectivity index (χ2n) is 4.75. The van der Waals surface area contributed by atoms with Gasteiger partial charge in [-0.25, -0.2) is 0 Å². The molecular weight excluding hydrogens is 232 g/mol. The van der Waals surface area contributed by atoms with Gasteiger partial charge in [-0.2, -0.15) is 0 Å².